The maximum absolute atomic E-state index is 12.0. The molecule has 1 aliphatic rings. The van der Waals surface area contributed by atoms with E-state index >= 15 is 0 Å². The number of hydrogen-bond acceptors (Lipinski definition) is 3. The minimum atomic E-state index is -0.904. The molecule has 2 aromatic rings. The second kappa shape index (κ2) is 7.58. The first-order chi connectivity index (χ1) is 12.0. The third-order valence-electron chi connectivity index (χ3n) is 4.94. The number of rotatable bonds is 5. The Morgan fingerprint density at radius 2 is 1.88 bits per heavy atom. The Bertz CT molecular complexity index is 741. The van der Waals surface area contributed by atoms with Gasteiger partial charge in [-0.15, -0.1) is 0 Å². The van der Waals surface area contributed by atoms with Crippen molar-refractivity contribution in [2.45, 2.75) is 31.8 Å². The van der Waals surface area contributed by atoms with E-state index in [1.807, 2.05) is 43.3 Å². The number of likely N-dealkylation sites (tertiary alicyclic amines) is 1. The molecule has 132 valence electrons. The van der Waals surface area contributed by atoms with E-state index in [4.69, 9.17) is 0 Å². The molecule has 3 rings (SSSR count). The summed E-state index contributed by atoms with van der Waals surface area (Å²) in [5.74, 6) is -0.772. The second-order valence-corrected chi connectivity index (χ2v) is 7.65. The van der Waals surface area contributed by atoms with Crippen LogP contribution in [0.5, 0.6) is 0 Å². The number of aryl methyl sites for hydroxylation is 1. The molecule has 2 N–H and O–H groups in total. The van der Waals surface area contributed by atoms with Gasteiger partial charge >= 0.3 is 5.97 Å². The summed E-state index contributed by atoms with van der Waals surface area (Å²) in [4.78, 5) is 14.4. The summed E-state index contributed by atoms with van der Waals surface area (Å²) in [6, 6.07) is 16.2. The van der Waals surface area contributed by atoms with Crippen molar-refractivity contribution < 1.29 is 9.90 Å². The summed E-state index contributed by atoms with van der Waals surface area (Å²) in [5, 5.41) is 13.2. The highest BCUT2D eigenvalue weighted by Crippen LogP contribution is 2.31. The van der Waals surface area contributed by atoms with Crippen LogP contribution in [0.4, 0.5) is 5.69 Å². The van der Waals surface area contributed by atoms with Gasteiger partial charge in [-0.25, -0.2) is 4.79 Å². The van der Waals surface area contributed by atoms with Crippen molar-refractivity contribution in [3.8, 4) is 0 Å². The standard InChI is InChI=1S/C20H23BrN2O2/c1-15-7-8-17(21)13-18(15)22-20(19(24)25)9-11-23(12-10-20)14-16-5-3-2-4-6-16/h2-8,13,22H,9-12,14H2,1H3,(H,24,25). The Hall–Kier alpha value is -1.85. The molecule has 0 unspecified atom stereocenters. The smallest absolute Gasteiger partial charge is 0.329 e. The van der Waals surface area contributed by atoms with E-state index in [1.165, 1.54) is 5.56 Å². The number of piperidine rings is 1. The molecule has 0 amide bonds. The zero-order chi connectivity index (χ0) is 17.9. The van der Waals surface area contributed by atoms with Crippen molar-refractivity contribution in [3.05, 3.63) is 64.1 Å². The third kappa shape index (κ3) is 4.22. The Labute approximate surface area is 157 Å². The molecule has 1 heterocycles. The van der Waals surface area contributed by atoms with E-state index in [0.29, 0.717) is 12.8 Å². The van der Waals surface area contributed by atoms with Crippen molar-refractivity contribution in [1.82, 2.24) is 4.90 Å². The summed E-state index contributed by atoms with van der Waals surface area (Å²) in [6.07, 6.45) is 1.17. The van der Waals surface area contributed by atoms with Gasteiger partial charge in [0.15, 0.2) is 0 Å². The summed E-state index contributed by atoms with van der Waals surface area (Å²) in [5.41, 5.74) is 2.29. The number of carboxylic acids is 1. The van der Waals surface area contributed by atoms with Crippen molar-refractivity contribution in [2.24, 2.45) is 0 Å². The number of carboxylic acid groups (broad SMARTS) is 1. The Morgan fingerprint density at radius 1 is 1.20 bits per heavy atom. The highest BCUT2D eigenvalue weighted by atomic mass is 79.9. The first kappa shape index (κ1) is 18.0. The van der Waals surface area contributed by atoms with Gasteiger partial charge < -0.3 is 10.4 Å². The maximum Gasteiger partial charge on any atom is 0.329 e. The lowest BCUT2D eigenvalue weighted by atomic mass is 9.86. The van der Waals surface area contributed by atoms with Crippen LogP contribution in [0.2, 0.25) is 0 Å². The number of benzene rings is 2. The van der Waals surface area contributed by atoms with Gasteiger partial charge in [0.05, 0.1) is 0 Å². The molecule has 0 aromatic heterocycles. The van der Waals surface area contributed by atoms with Gasteiger partial charge in [-0.05, 0) is 43.0 Å². The SMILES string of the molecule is Cc1ccc(Br)cc1NC1(C(=O)O)CCN(Cc2ccccc2)CC1. The Morgan fingerprint density at radius 3 is 2.52 bits per heavy atom. The van der Waals surface area contributed by atoms with Gasteiger partial charge in [-0.2, -0.15) is 0 Å². The van der Waals surface area contributed by atoms with Crippen LogP contribution in [0.3, 0.4) is 0 Å². The molecule has 1 aliphatic heterocycles. The quantitative estimate of drug-likeness (QED) is 0.782. The van der Waals surface area contributed by atoms with Crippen molar-refractivity contribution >= 4 is 27.6 Å². The van der Waals surface area contributed by atoms with Gasteiger partial charge in [0, 0.05) is 29.8 Å². The van der Waals surface area contributed by atoms with Crippen LogP contribution in [0.1, 0.15) is 24.0 Å². The number of aliphatic carboxylic acids is 1. The topological polar surface area (TPSA) is 52.6 Å². The fourth-order valence-corrected chi connectivity index (χ4v) is 3.67. The largest absolute Gasteiger partial charge is 0.480 e. The molecule has 0 bridgehead atoms. The molecule has 25 heavy (non-hydrogen) atoms. The average Bonchev–Trinajstić information content (AvgIpc) is 2.61. The Balaban J connectivity index is 1.71. The van der Waals surface area contributed by atoms with E-state index in [-0.39, 0.29) is 0 Å². The van der Waals surface area contributed by atoms with Crippen molar-refractivity contribution in [1.29, 1.82) is 0 Å². The van der Waals surface area contributed by atoms with Gasteiger partial charge in [-0.3, -0.25) is 4.90 Å². The maximum atomic E-state index is 12.0. The lowest BCUT2D eigenvalue weighted by molar-refractivity contribution is -0.144. The van der Waals surface area contributed by atoms with Crippen LogP contribution in [0, 0.1) is 6.92 Å². The molecule has 1 saturated heterocycles. The number of anilines is 1. The second-order valence-electron chi connectivity index (χ2n) is 6.73. The molecular formula is C20H23BrN2O2. The number of carbonyl (C=O) groups is 1. The molecule has 2 aromatic carbocycles. The van der Waals surface area contributed by atoms with E-state index in [1.54, 1.807) is 0 Å². The van der Waals surface area contributed by atoms with Crippen LogP contribution < -0.4 is 5.32 Å². The summed E-state index contributed by atoms with van der Waals surface area (Å²) < 4.78 is 0.947. The van der Waals surface area contributed by atoms with Gasteiger partial charge in [0.1, 0.15) is 5.54 Å². The minimum absolute atomic E-state index is 0.584. The molecule has 0 spiro atoms. The van der Waals surface area contributed by atoms with Crippen LogP contribution in [-0.4, -0.2) is 34.6 Å². The first-order valence-electron chi connectivity index (χ1n) is 8.52. The number of halogens is 1. The minimum Gasteiger partial charge on any atom is -0.480 e. The van der Waals surface area contributed by atoms with Crippen molar-refractivity contribution in [2.75, 3.05) is 18.4 Å². The number of nitrogens with zero attached hydrogens (tertiary/aromatic N) is 1. The summed E-state index contributed by atoms with van der Waals surface area (Å²) in [6.45, 7) is 4.39. The fraction of sp³-hybridized carbons (Fsp3) is 0.350. The summed E-state index contributed by atoms with van der Waals surface area (Å²) >= 11 is 3.47. The first-order valence-corrected chi connectivity index (χ1v) is 9.32. The van der Waals surface area contributed by atoms with Crippen molar-refractivity contribution in [3.63, 3.8) is 0 Å². The molecular weight excluding hydrogens is 380 g/mol. The highest BCUT2D eigenvalue weighted by Gasteiger charge is 2.41. The predicted molar refractivity (Wildman–Crippen MR) is 104 cm³/mol. The average molecular weight is 403 g/mol. The van der Waals surface area contributed by atoms with E-state index in [9.17, 15) is 9.90 Å². The molecule has 0 radical (unpaired) electrons. The van der Waals surface area contributed by atoms with Crippen LogP contribution in [-0.2, 0) is 11.3 Å². The summed E-state index contributed by atoms with van der Waals surface area (Å²) in [7, 11) is 0. The zero-order valence-electron chi connectivity index (χ0n) is 14.3. The normalized spacial score (nSPS) is 17.2. The number of nitrogens with one attached hydrogen (secondary N) is 1. The molecule has 0 saturated carbocycles. The van der Waals surface area contributed by atoms with Crippen LogP contribution >= 0.6 is 15.9 Å². The predicted octanol–water partition coefficient (Wildman–Crippen LogP) is 4.29. The van der Waals surface area contributed by atoms with E-state index < -0.39 is 11.5 Å². The number of hydrogen-bond donors (Lipinski definition) is 2. The fourth-order valence-electron chi connectivity index (χ4n) is 3.31. The van der Waals surface area contributed by atoms with Gasteiger partial charge in [0.2, 0.25) is 0 Å². The third-order valence-corrected chi connectivity index (χ3v) is 5.43. The molecule has 1 fully saturated rings. The van der Waals surface area contributed by atoms with Crippen LogP contribution in [0.15, 0.2) is 53.0 Å². The zero-order valence-corrected chi connectivity index (χ0v) is 15.9. The monoisotopic (exact) mass is 402 g/mol. The van der Waals surface area contributed by atoms with Crippen LogP contribution in [0.25, 0.3) is 0 Å². The highest BCUT2D eigenvalue weighted by molar-refractivity contribution is 9.10. The molecule has 4 nitrogen and oxygen atoms in total. The Kier molecular flexibility index (Phi) is 5.45. The molecule has 0 atom stereocenters. The van der Waals surface area contributed by atoms with E-state index in [2.05, 4.69) is 38.3 Å². The van der Waals surface area contributed by atoms with E-state index in [0.717, 1.165) is 35.4 Å². The van der Waals surface area contributed by atoms with Gasteiger partial charge in [-0.1, -0.05) is 52.3 Å². The lowest BCUT2D eigenvalue weighted by Gasteiger charge is -2.40. The van der Waals surface area contributed by atoms with Gasteiger partial charge in [0.25, 0.3) is 0 Å². The molecule has 0 aliphatic carbocycles. The lowest BCUT2D eigenvalue weighted by Crippen LogP contribution is -2.54. The molecule has 5 heteroatoms.